The number of carboxylic acid groups (broad SMARTS) is 1. The van der Waals surface area contributed by atoms with Gasteiger partial charge in [-0.05, 0) is 18.2 Å². The highest BCUT2D eigenvalue weighted by Crippen LogP contribution is 2.20. The van der Waals surface area contributed by atoms with Crippen molar-refractivity contribution in [3.05, 3.63) is 23.8 Å². The van der Waals surface area contributed by atoms with Crippen LogP contribution >= 0.6 is 0 Å². The average Bonchev–Trinajstić information content (AvgIpc) is 2.73. The molecule has 20 heavy (non-hydrogen) atoms. The van der Waals surface area contributed by atoms with Crippen molar-refractivity contribution in [3.63, 3.8) is 0 Å². The Balaban J connectivity index is 2.36. The van der Waals surface area contributed by atoms with Crippen molar-refractivity contribution in [3.8, 4) is 0 Å². The highest BCUT2D eigenvalue weighted by molar-refractivity contribution is 7.89. The summed E-state index contributed by atoms with van der Waals surface area (Å²) in [5, 5.41) is 11.5. The first-order valence-electron chi connectivity index (χ1n) is 5.71. The van der Waals surface area contributed by atoms with Crippen LogP contribution in [0.2, 0.25) is 0 Å². The lowest BCUT2D eigenvalue weighted by atomic mass is 10.2. The Kier molecular flexibility index (Phi) is 3.64. The molecule has 1 aromatic rings. The average molecular weight is 299 g/mol. The molecule has 1 aliphatic heterocycles. The van der Waals surface area contributed by atoms with Crippen LogP contribution in [-0.2, 0) is 14.8 Å². The molecule has 9 heteroatoms. The summed E-state index contributed by atoms with van der Waals surface area (Å²) in [4.78, 5) is 21.7. The summed E-state index contributed by atoms with van der Waals surface area (Å²) in [7, 11) is -4.07. The van der Waals surface area contributed by atoms with Crippen molar-refractivity contribution >= 4 is 27.6 Å². The van der Waals surface area contributed by atoms with Crippen LogP contribution in [0.1, 0.15) is 16.8 Å². The Labute approximate surface area is 115 Å². The second kappa shape index (κ2) is 5.10. The fourth-order valence-corrected chi connectivity index (χ4v) is 3.38. The summed E-state index contributed by atoms with van der Waals surface area (Å²) in [6.07, 6.45) is 0.0178. The minimum Gasteiger partial charge on any atom is -0.478 e. The van der Waals surface area contributed by atoms with Crippen molar-refractivity contribution in [2.24, 2.45) is 0 Å². The highest BCUT2D eigenvalue weighted by atomic mass is 32.2. The van der Waals surface area contributed by atoms with E-state index in [2.05, 4.69) is 10.0 Å². The number of rotatable bonds is 4. The molecule has 1 unspecified atom stereocenters. The molecule has 1 amide bonds. The van der Waals surface area contributed by atoms with Gasteiger partial charge in [0.05, 0.1) is 10.5 Å². The molecule has 8 nitrogen and oxygen atoms in total. The molecule has 1 aromatic carbocycles. The van der Waals surface area contributed by atoms with Gasteiger partial charge in [0.2, 0.25) is 15.9 Å². The predicted molar refractivity (Wildman–Crippen MR) is 69.5 cm³/mol. The topological polar surface area (TPSA) is 139 Å². The maximum atomic E-state index is 12.2. The molecule has 1 fully saturated rings. The van der Waals surface area contributed by atoms with E-state index < -0.39 is 26.9 Å². The molecule has 0 aliphatic carbocycles. The molecule has 1 heterocycles. The van der Waals surface area contributed by atoms with Gasteiger partial charge in [0.25, 0.3) is 0 Å². The lowest BCUT2D eigenvalue weighted by Crippen LogP contribution is -2.36. The van der Waals surface area contributed by atoms with Gasteiger partial charge in [-0.1, -0.05) is 0 Å². The third-order valence-electron chi connectivity index (χ3n) is 2.82. The lowest BCUT2D eigenvalue weighted by Gasteiger charge is -2.13. The number of nitrogens with one attached hydrogen (secondary N) is 2. The molecule has 108 valence electrons. The largest absolute Gasteiger partial charge is 0.478 e. The normalized spacial score (nSPS) is 18.8. The first-order chi connectivity index (χ1) is 9.29. The van der Waals surface area contributed by atoms with Crippen LogP contribution in [-0.4, -0.2) is 38.0 Å². The van der Waals surface area contributed by atoms with Gasteiger partial charge in [-0.3, -0.25) is 4.79 Å². The van der Waals surface area contributed by atoms with Crippen LogP contribution in [0.15, 0.2) is 23.1 Å². The Bertz CT molecular complexity index is 671. The molecule has 2 rings (SSSR count). The minimum absolute atomic E-state index is 0.0178. The predicted octanol–water partition coefficient (Wildman–Crippen LogP) is -0.866. The molecule has 0 aromatic heterocycles. The van der Waals surface area contributed by atoms with Crippen LogP contribution in [0.4, 0.5) is 5.69 Å². The molecule has 1 aliphatic rings. The number of nitrogens with two attached hydrogens (primary N) is 1. The van der Waals surface area contributed by atoms with E-state index in [1.807, 2.05) is 0 Å². The van der Waals surface area contributed by atoms with Crippen LogP contribution in [0.25, 0.3) is 0 Å². The number of carboxylic acids is 1. The van der Waals surface area contributed by atoms with Gasteiger partial charge in [-0.2, -0.15) is 0 Å². The number of amides is 1. The number of anilines is 1. The standard InChI is InChI=1S/C11H13N3O5S/c12-6-1-2-8(11(16)17)9(3-6)20(18,19)14-7-4-10(15)13-5-7/h1-3,7,14H,4-5,12H2,(H,13,15)(H,16,17). The first kappa shape index (κ1) is 14.3. The van der Waals surface area contributed by atoms with Crippen LogP contribution in [0, 0.1) is 0 Å². The smallest absolute Gasteiger partial charge is 0.337 e. The van der Waals surface area contributed by atoms with Crippen LogP contribution in [0.3, 0.4) is 0 Å². The minimum atomic E-state index is -4.07. The Morgan fingerprint density at radius 2 is 2.15 bits per heavy atom. The third kappa shape index (κ3) is 2.89. The van der Waals surface area contributed by atoms with Crippen molar-refractivity contribution in [1.82, 2.24) is 10.0 Å². The second-order valence-corrected chi connectivity index (χ2v) is 6.07. The molecular weight excluding hydrogens is 286 g/mol. The fraction of sp³-hybridized carbons (Fsp3) is 0.273. The van der Waals surface area contributed by atoms with Crippen LogP contribution in [0.5, 0.6) is 0 Å². The van der Waals surface area contributed by atoms with Gasteiger partial charge >= 0.3 is 5.97 Å². The van der Waals surface area contributed by atoms with Crippen molar-refractivity contribution in [2.75, 3.05) is 12.3 Å². The van der Waals surface area contributed by atoms with Gasteiger partial charge in [0, 0.05) is 24.7 Å². The molecule has 5 N–H and O–H groups in total. The number of benzene rings is 1. The van der Waals surface area contributed by atoms with Crippen molar-refractivity contribution in [2.45, 2.75) is 17.4 Å². The maximum Gasteiger partial charge on any atom is 0.337 e. The van der Waals surface area contributed by atoms with E-state index in [-0.39, 0.29) is 30.1 Å². The van der Waals surface area contributed by atoms with E-state index in [1.165, 1.54) is 6.07 Å². The monoisotopic (exact) mass is 299 g/mol. The molecule has 1 saturated heterocycles. The number of hydrogen-bond acceptors (Lipinski definition) is 5. The van der Waals surface area contributed by atoms with Gasteiger partial charge in [0.1, 0.15) is 0 Å². The SMILES string of the molecule is Nc1ccc(C(=O)O)c(S(=O)(=O)NC2CNC(=O)C2)c1. The maximum absolute atomic E-state index is 12.2. The summed E-state index contributed by atoms with van der Waals surface area (Å²) in [5.74, 6) is -1.63. The molecule has 0 bridgehead atoms. The van der Waals surface area contributed by atoms with Crippen molar-refractivity contribution < 1.29 is 23.1 Å². The van der Waals surface area contributed by atoms with E-state index in [9.17, 15) is 18.0 Å². The number of carbonyl (C=O) groups excluding carboxylic acids is 1. The van der Waals surface area contributed by atoms with Gasteiger partial charge in [-0.25, -0.2) is 17.9 Å². The highest BCUT2D eigenvalue weighted by Gasteiger charge is 2.29. The van der Waals surface area contributed by atoms with E-state index in [4.69, 9.17) is 10.8 Å². The van der Waals surface area contributed by atoms with Crippen molar-refractivity contribution in [1.29, 1.82) is 0 Å². The summed E-state index contributed by atoms with van der Waals surface area (Å²) in [6.45, 7) is 0.169. The molecule has 0 saturated carbocycles. The lowest BCUT2D eigenvalue weighted by molar-refractivity contribution is -0.119. The zero-order valence-corrected chi connectivity index (χ0v) is 11.1. The zero-order valence-electron chi connectivity index (χ0n) is 10.3. The Morgan fingerprint density at radius 1 is 1.45 bits per heavy atom. The molecular formula is C11H13N3O5S. The van der Waals surface area contributed by atoms with E-state index >= 15 is 0 Å². The number of carbonyl (C=O) groups is 2. The van der Waals surface area contributed by atoms with E-state index in [1.54, 1.807) is 0 Å². The summed E-state index contributed by atoms with van der Waals surface area (Å²) in [5.41, 5.74) is 5.27. The van der Waals surface area contributed by atoms with E-state index in [0.717, 1.165) is 12.1 Å². The summed E-state index contributed by atoms with van der Waals surface area (Å²) in [6, 6.07) is 2.92. The quantitative estimate of drug-likeness (QED) is 0.533. The van der Waals surface area contributed by atoms with Gasteiger partial charge in [0.15, 0.2) is 0 Å². The second-order valence-electron chi connectivity index (χ2n) is 4.39. The Morgan fingerprint density at radius 3 is 2.70 bits per heavy atom. The number of nitrogen functional groups attached to an aromatic ring is 1. The molecule has 0 spiro atoms. The Hall–Kier alpha value is -2.13. The molecule has 0 radical (unpaired) electrons. The fourth-order valence-electron chi connectivity index (χ4n) is 1.91. The zero-order chi connectivity index (χ0) is 14.9. The number of aromatic carboxylic acids is 1. The summed E-state index contributed by atoms with van der Waals surface area (Å²) >= 11 is 0. The molecule has 1 atom stereocenters. The number of hydrogen-bond donors (Lipinski definition) is 4. The third-order valence-corrected chi connectivity index (χ3v) is 4.39. The first-order valence-corrected chi connectivity index (χ1v) is 7.20. The van der Waals surface area contributed by atoms with Crippen LogP contribution < -0.4 is 15.8 Å². The van der Waals surface area contributed by atoms with Gasteiger partial charge in [-0.15, -0.1) is 0 Å². The van der Waals surface area contributed by atoms with Gasteiger partial charge < -0.3 is 16.2 Å². The summed E-state index contributed by atoms with van der Waals surface area (Å²) < 4.78 is 26.7. The van der Waals surface area contributed by atoms with E-state index in [0.29, 0.717) is 0 Å². The number of sulfonamides is 1.